The quantitative estimate of drug-likeness (QED) is 0.904. The average Bonchev–Trinajstić information content (AvgIpc) is 3.21. The average molecular weight is 340 g/mol. The summed E-state index contributed by atoms with van der Waals surface area (Å²) in [4.78, 5) is 23.8. The lowest BCUT2D eigenvalue weighted by molar-refractivity contribution is 0.0708. The second-order valence-corrected chi connectivity index (χ2v) is 7.08. The monoisotopic (exact) mass is 340 g/mol. The van der Waals surface area contributed by atoms with E-state index in [2.05, 4.69) is 15.3 Å². The summed E-state index contributed by atoms with van der Waals surface area (Å²) >= 11 is 0. The van der Waals surface area contributed by atoms with Crippen molar-refractivity contribution in [2.75, 3.05) is 18.4 Å². The van der Waals surface area contributed by atoms with Crippen molar-refractivity contribution in [1.82, 2.24) is 14.9 Å². The Morgan fingerprint density at radius 3 is 2.88 bits per heavy atom. The Hall–Kier alpha value is -2.37. The van der Waals surface area contributed by atoms with Crippen LogP contribution in [0.4, 0.5) is 5.82 Å². The van der Waals surface area contributed by atoms with Crippen molar-refractivity contribution in [2.24, 2.45) is 0 Å². The number of likely N-dealkylation sites (tertiary alicyclic amines) is 1. The summed E-state index contributed by atoms with van der Waals surface area (Å²) < 4.78 is 5.80. The van der Waals surface area contributed by atoms with Gasteiger partial charge < -0.3 is 14.6 Å². The Morgan fingerprint density at radius 2 is 2.12 bits per heavy atom. The van der Waals surface area contributed by atoms with Crippen LogP contribution in [-0.2, 0) is 0 Å². The van der Waals surface area contributed by atoms with Gasteiger partial charge in [0.25, 0.3) is 5.91 Å². The molecule has 1 amide bonds. The molecule has 0 bridgehead atoms. The first-order chi connectivity index (χ1) is 12.1. The van der Waals surface area contributed by atoms with Crippen LogP contribution >= 0.6 is 0 Å². The molecule has 0 radical (unpaired) electrons. The highest BCUT2D eigenvalue weighted by molar-refractivity contribution is 5.93. The van der Waals surface area contributed by atoms with Crippen LogP contribution in [0, 0.1) is 13.8 Å². The first kappa shape index (κ1) is 16.1. The van der Waals surface area contributed by atoms with E-state index in [9.17, 15) is 4.79 Å². The van der Waals surface area contributed by atoms with Crippen molar-refractivity contribution < 1.29 is 9.21 Å². The van der Waals surface area contributed by atoms with E-state index in [0.717, 1.165) is 49.6 Å². The van der Waals surface area contributed by atoms with Crippen molar-refractivity contribution in [2.45, 2.75) is 51.5 Å². The lowest BCUT2D eigenvalue weighted by Gasteiger charge is -2.24. The third-order valence-corrected chi connectivity index (χ3v) is 4.98. The normalized spacial score (nSPS) is 20.1. The highest BCUT2D eigenvalue weighted by Crippen LogP contribution is 2.40. The number of nitrogens with zero attached hydrogens (tertiary/aromatic N) is 3. The summed E-state index contributed by atoms with van der Waals surface area (Å²) in [7, 11) is 0. The summed E-state index contributed by atoms with van der Waals surface area (Å²) in [6, 6.07) is 6.07. The molecule has 4 rings (SSSR count). The van der Waals surface area contributed by atoms with Crippen molar-refractivity contribution >= 4 is 11.7 Å². The number of aromatic nitrogens is 2. The van der Waals surface area contributed by atoms with Crippen molar-refractivity contribution in [3.63, 3.8) is 0 Å². The predicted octanol–water partition coefficient (Wildman–Crippen LogP) is 3.28. The SMILES string of the molecule is Cc1cccc(NCC2CCCN2C(=O)c2oc(C3CC3)nc2C)n1. The first-order valence-corrected chi connectivity index (χ1v) is 9.07. The topological polar surface area (TPSA) is 71.3 Å². The zero-order chi connectivity index (χ0) is 17.4. The number of hydrogen-bond donors (Lipinski definition) is 1. The summed E-state index contributed by atoms with van der Waals surface area (Å²) in [6.07, 6.45) is 4.25. The molecule has 1 N–H and O–H groups in total. The predicted molar refractivity (Wildman–Crippen MR) is 94.7 cm³/mol. The molecule has 25 heavy (non-hydrogen) atoms. The molecular weight excluding hydrogens is 316 g/mol. The smallest absolute Gasteiger partial charge is 0.291 e. The van der Waals surface area contributed by atoms with Gasteiger partial charge in [-0.15, -0.1) is 0 Å². The number of pyridine rings is 1. The molecule has 6 heteroatoms. The van der Waals surface area contributed by atoms with Crippen molar-refractivity contribution in [3.8, 4) is 0 Å². The molecule has 0 aromatic carbocycles. The van der Waals surface area contributed by atoms with E-state index in [1.54, 1.807) is 0 Å². The van der Waals surface area contributed by atoms with Crippen LogP contribution in [0.3, 0.4) is 0 Å². The molecule has 0 spiro atoms. The fourth-order valence-corrected chi connectivity index (χ4v) is 3.43. The standard InChI is InChI=1S/C19H24N4O2/c1-12-5-3-7-16(21-12)20-11-15-6-4-10-23(15)19(24)17-13(2)22-18(25-17)14-8-9-14/h3,5,7,14-15H,4,6,8-11H2,1-2H3,(H,20,21). The number of aryl methyl sites for hydroxylation is 2. The summed E-state index contributed by atoms with van der Waals surface area (Å²) in [6.45, 7) is 5.31. The minimum absolute atomic E-state index is 0.0293. The van der Waals surface area contributed by atoms with E-state index in [1.165, 1.54) is 0 Å². The Balaban J connectivity index is 1.44. The number of carbonyl (C=O) groups is 1. The molecule has 2 aromatic rings. The molecule has 1 aliphatic heterocycles. The number of nitrogens with one attached hydrogen (secondary N) is 1. The van der Waals surface area contributed by atoms with Gasteiger partial charge in [-0.2, -0.15) is 0 Å². The minimum Gasteiger partial charge on any atom is -0.435 e. The lowest BCUT2D eigenvalue weighted by Crippen LogP contribution is -2.39. The van der Waals surface area contributed by atoms with E-state index in [1.807, 2.05) is 36.9 Å². The highest BCUT2D eigenvalue weighted by atomic mass is 16.4. The fourth-order valence-electron chi connectivity index (χ4n) is 3.43. The van der Waals surface area contributed by atoms with Crippen LogP contribution in [0.5, 0.6) is 0 Å². The van der Waals surface area contributed by atoms with Gasteiger partial charge in [-0.1, -0.05) is 6.07 Å². The minimum atomic E-state index is -0.0293. The Labute approximate surface area is 147 Å². The van der Waals surface area contributed by atoms with Gasteiger partial charge in [-0.05, 0) is 51.7 Å². The largest absolute Gasteiger partial charge is 0.435 e. The third-order valence-electron chi connectivity index (χ3n) is 4.98. The molecule has 2 aromatic heterocycles. The Bertz CT molecular complexity index is 781. The van der Waals surface area contributed by atoms with Crippen LogP contribution in [0.15, 0.2) is 22.6 Å². The zero-order valence-electron chi connectivity index (χ0n) is 14.8. The second kappa shape index (κ2) is 6.50. The maximum absolute atomic E-state index is 12.9. The zero-order valence-corrected chi connectivity index (χ0v) is 14.8. The van der Waals surface area contributed by atoms with Gasteiger partial charge in [-0.3, -0.25) is 4.79 Å². The molecule has 1 atom stereocenters. The van der Waals surface area contributed by atoms with Gasteiger partial charge in [0.1, 0.15) is 5.82 Å². The van der Waals surface area contributed by atoms with Gasteiger partial charge in [0.15, 0.2) is 5.89 Å². The Morgan fingerprint density at radius 1 is 1.28 bits per heavy atom. The summed E-state index contributed by atoms with van der Waals surface area (Å²) in [5.41, 5.74) is 1.69. The van der Waals surface area contributed by atoms with Gasteiger partial charge in [0.2, 0.25) is 5.76 Å². The van der Waals surface area contributed by atoms with Gasteiger partial charge in [0, 0.05) is 30.7 Å². The maximum Gasteiger partial charge on any atom is 0.291 e. The van der Waals surface area contributed by atoms with Gasteiger partial charge in [-0.25, -0.2) is 9.97 Å². The van der Waals surface area contributed by atoms with E-state index in [4.69, 9.17) is 4.42 Å². The van der Waals surface area contributed by atoms with Crippen LogP contribution < -0.4 is 5.32 Å². The van der Waals surface area contributed by atoms with E-state index in [-0.39, 0.29) is 11.9 Å². The van der Waals surface area contributed by atoms with Crippen molar-refractivity contribution in [3.05, 3.63) is 41.2 Å². The lowest BCUT2D eigenvalue weighted by atomic mass is 10.2. The molecular formula is C19H24N4O2. The van der Waals surface area contributed by atoms with Crippen LogP contribution in [0.2, 0.25) is 0 Å². The van der Waals surface area contributed by atoms with E-state index < -0.39 is 0 Å². The highest BCUT2D eigenvalue weighted by Gasteiger charge is 2.35. The van der Waals surface area contributed by atoms with Crippen molar-refractivity contribution in [1.29, 1.82) is 0 Å². The number of amides is 1. The van der Waals surface area contributed by atoms with E-state index >= 15 is 0 Å². The van der Waals surface area contributed by atoms with E-state index in [0.29, 0.717) is 23.9 Å². The number of hydrogen-bond acceptors (Lipinski definition) is 5. The maximum atomic E-state index is 12.9. The number of rotatable bonds is 5. The molecule has 3 heterocycles. The third kappa shape index (κ3) is 3.38. The van der Waals surface area contributed by atoms with Crippen LogP contribution in [-0.4, -0.2) is 39.9 Å². The molecule has 2 fully saturated rings. The molecule has 1 saturated carbocycles. The molecule has 1 unspecified atom stereocenters. The molecule has 1 saturated heterocycles. The van der Waals surface area contributed by atoms with Crippen LogP contribution in [0.25, 0.3) is 0 Å². The molecule has 132 valence electrons. The molecule has 6 nitrogen and oxygen atoms in total. The number of carbonyl (C=O) groups excluding carboxylic acids is 1. The fraction of sp³-hybridized carbons (Fsp3) is 0.526. The van der Waals surface area contributed by atoms with Gasteiger partial charge in [0.05, 0.1) is 5.69 Å². The second-order valence-electron chi connectivity index (χ2n) is 7.08. The Kier molecular flexibility index (Phi) is 4.19. The number of anilines is 1. The molecule has 2 aliphatic rings. The molecule has 1 aliphatic carbocycles. The number of oxazole rings is 1. The summed E-state index contributed by atoms with van der Waals surface area (Å²) in [5, 5.41) is 3.36. The van der Waals surface area contributed by atoms with Crippen LogP contribution in [0.1, 0.15) is 59.4 Å². The first-order valence-electron chi connectivity index (χ1n) is 9.07. The van der Waals surface area contributed by atoms with Gasteiger partial charge >= 0.3 is 0 Å². The summed E-state index contributed by atoms with van der Waals surface area (Å²) in [5.74, 6) is 2.40.